The van der Waals surface area contributed by atoms with Gasteiger partial charge in [0.2, 0.25) is 5.88 Å². The Morgan fingerprint density at radius 3 is 2.60 bits per heavy atom. The lowest BCUT2D eigenvalue weighted by Gasteiger charge is -2.37. The molecule has 2 aromatic carbocycles. The van der Waals surface area contributed by atoms with E-state index in [0.29, 0.717) is 5.56 Å². The number of hydrogen-bond acceptors (Lipinski definition) is 6. The molecule has 0 spiro atoms. The summed E-state index contributed by atoms with van der Waals surface area (Å²) in [5, 5.41) is 9.88. The highest BCUT2D eigenvalue weighted by molar-refractivity contribution is 5.97. The lowest BCUT2D eigenvalue weighted by molar-refractivity contribution is 0.0312. The molecule has 0 saturated heterocycles. The van der Waals surface area contributed by atoms with Crippen LogP contribution in [0, 0.1) is 23.6 Å². The first-order valence-corrected chi connectivity index (χ1v) is 13.0. The molecule has 3 aromatic rings. The van der Waals surface area contributed by atoms with Crippen molar-refractivity contribution in [3.05, 3.63) is 88.9 Å². The Labute approximate surface area is 233 Å². The van der Waals surface area contributed by atoms with Crippen molar-refractivity contribution in [2.75, 3.05) is 33.9 Å². The summed E-state index contributed by atoms with van der Waals surface area (Å²) < 4.78 is 25.7. The van der Waals surface area contributed by atoms with Gasteiger partial charge in [-0.1, -0.05) is 30.9 Å². The number of likely N-dealkylation sites (N-methyl/N-ethyl adjacent to an activating group) is 1. The molecule has 1 aliphatic rings. The number of rotatable bonds is 6. The van der Waals surface area contributed by atoms with Crippen LogP contribution in [-0.4, -0.2) is 77.7 Å². The van der Waals surface area contributed by atoms with Crippen LogP contribution in [0.1, 0.15) is 45.7 Å². The number of carbonyl (C=O) groups is 2. The van der Waals surface area contributed by atoms with Crippen LogP contribution in [0.15, 0.2) is 60.8 Å². The Kier molecular flexibility index (Phi) is 9.02. The van der Waals surface area contributed by atoms with Gasteiger partial charge in [0, 0.05) is 36.8 Å². The molecule has 208 valence electrons. The van der Waals surface area contributed by atoms with Gasteiger partial charge in [-0.05, 0) is 49.4 Å². The summed E-state index contributed by atoms with van der Waals surface area (Å²) in [6.45, 7) is 3.83. The number of nitrogens with zero attached hydrogens (tertiary/aromatic N) is 3. The minimum atomic E-state index is -0.602. The summed E-state index contributed by atoms with van der Waals surface area (Å²) in [6, 6.07) is 14.2. The zero-order chi connectivity index (χ0) is 28.8. The molecule has 8 nitrogen and oxygen atoms in total. The van der Waals surface area contributed by atoms with E-state index < -0.39 is 23.9 Å². The molecule has 40 heavy (non-hydrogen) atoms. The number of benzene rings is 2. The van der Waals surface area contributed by atoms with Crippen molar-refractivity contribution in [1.82, 2.24) is 14.8 Å². The van der Waals surface area contributed by atoms with Gasteiger partial charge in [-0.3, -0.25) is 9.59 Å². The first-order valence-electron chi connectivity index (χ1n) is 13.0. The third-order valence-electron chi connectivity index (χ3n) is 6.87. The zero-order valence-electron chi connectivity index (χ0n) is 22.9. The fraction of sp³-hybridized carbons (Fsp3) is 0.323. The van der Waals surface area contributed by atoms with Gasteiger partial charge in [0.1, 0.15) is 23.2 Å². The van der Waals surface area contributed by atoms with Crippen LogP contribution in [0.5, 0.6) is 11.6 Å². The minimum Gasteiger partial charge on any atom is -0.497 e. The average molecular weight is 546 g/mol. The van der Waals surface area contributed by atoms with E-state index in [1.807, 2.05) is 31.2 Å². The van der Waals surface area contributed by atoms with Crippen molar-refractivity contribution < 1.29 is 28.6 Å². The summed E-state index contributed by atoms with van der Waals surface area (Å²) in [4.78, 5) is 34.0. The number of methoxy groups -OCH3 is 1. The van der Waals surface area contributed by atoms with E-state index >= 15 is 0 Å². The molecule has 4 rings (SSSR count). The van der Waals surface area contributed by atoms with Crippen LogP contribution in [-0.2, 0) is 0 Å². The fourth-order valence-electron chi connectivity index (χ4n) is 4.40. The van der Waals surface area contributed by atoms with E-state index in [4.69, 9.17) is 9.47 Å². The molecule has 3 atom stereocenters. The predicted octanol–water partition coefficient (Wildman–Crippen LogP) is 3.62. The maximum absolute atomic E-state index is 14.3. The first-order chi connectivity index (χ1) is 19.2. The van der Waals surface area contributed by atoms with Crippen molar-refractivity contribution >= 4 is 11.8 Å². The van der Waals surface area contributed by atoms with Crippen LogP contribution < -0.4 is 9.47 Å². The number of aromatic nitrogens is 1. The number of ether oxygens (including phenoxy) is 2. The molecule has 0 unspecified atom stereocenters. The SMILES string of the molecule is COc1ccc(C#Cc2cnc3c(c2)C(=O)N([C@H](C)CO)C[C@@H](C)[C@@H](CN(C)C(=O)c2ccccc2F)O3)cc1. The molecule has 0 saturated carbocycles. The van der Waals surface area contributed by atoms with Crippen LogP contribution >= 0.6 is 0 Å². The number of hydrogen-bond donors (Lipinski definition) is 1. The maximum atomic E-state index is 14.3. The molecule has 0 fully saturated rings. The van der Waals surface area contributed by atoms with Crippen molar-refractivity contribution in [3.8, 4) is 23.5 Å². The van der Waals surface area contributed by atoms with Crippen LogP contribution in [0.4, 0.5) is 4.39 Å². The molecule has 9 heteroatoms. The first kappa shape index (κ1) is 28.6. The number of amides is 2. The molecule has 0 bridgehead atoms. The van der Waals surface area contributed by atoms with Gasteiger partial charge in [-0.25, -0.2) is 9.37 Å². The highest BCUT2D eigenvalue weighted by Gasteiger charge is 2.35. The van der Waals surface area contributed by atoms with Crippen LogP contribution in [0.2, 0.25) is 0 Å². The summed E-state index contributed by atoms with van der Waals surface area (Å²) in [7, 11) is 3.17. The highest BCUT2D eigenvalue weighted by Crippen LogP contribution is 2.27. The predicted molar refractivity (Wildman–Crippen MR) is 148 cm³/mol. The van der Waals surface area contributed by atoms with Gasteiger partial charge in [0.05, 0.1) is 31.9 Å². The molecule has 0 aliphatic carbocycles. The smallest absolute Gasteiger partial charge is 0.259 e. The standard InChI is InChI=1S/C31H32FN3O5/c1-20-17-35(21(2)19-36)31(38)26-15-23(10-9-22-11-13-24(39-4)14-12-22)16-33-29(26)40-28(20)18-34(3)30(37)25-7-5-6-8-27(25)32/h5-8,11-16,20-21,28,36H,17-19H2,1-4H3/t20-,21-,28-/m1/s1. The van der Waals surface area contributed by atoms with Crippen LogP contribution in [0.25, 0.3) is 0 Å². The van der Waals surface area contributed by atoms with Crippen molar-refractivity contribution in [1.29, 1.82) is 0 Å². The third kappa shape index (κ3) is 6.41. The number of aliphatic hydroxyl groups is 1. The minimum absolute atomic E-state index is 0.0344. The maximum Gasteiger partial charge on any atom is 0.259 e. The molecule has 2 amide bonds. The summed E-state index contributed by atoms with van der Waals surface area (Å²) in [5.41, 5.74) is 1.46. The summed E-state index contributed by atoms with van der Waals surface area (Å²) >= 11 is 0. The second kappa shape index (κ2) is 12.6. The Morgan fingerprint density at radius 1 is 1.23 bits per heavy atom. The molecule has 2 heterocycles. The number of halogens is 1. The molecular formula is C31H32FN3O5. The molecule has 0 radical (unpaired) electrons. The Balaban J connectivity index is 1.65. The van der Waals surface area contributed by atoms with E-state index in [-0.39, 0.29) is 48.5 Å². The third-order valence-corrected chi connectivity index (χ3v) is 6.87. The van der Waals surface area contributed by atoms with Crippen LogP contribution in [0.3, 0.4) is 0 Å². The summed E-state index contributed by atoms with van der Waals surface area (Å²) in [5.74, 6) is 5.27. The van der Waals surface area contributed by atoms with Gasteiger partial charge < -0.3 is 24.4 Å². The lowest BCUT2D eigenvalue weighted by Crippen LogP contribution is -2.50. The average Bonchev–Trinajstić information content (AvgIpc) is 2.97. The van der Waals surface area contributed by atoms with Gasteiger partial charge in [0.25, 0.3) is 11.8 Å². The molecule has 1 aliphatic heterocycles. The second-order valence-corrected chi connectivity index (χ2v) is 9.84. The normalized spacial score (nSPS) is 17.4. The number of pyridine rings is 1. The van der Waals surface area contributed by atoms with Crippen molar-refractivity contribution in [2.45, 2.75) is 26.0 Å². The zero-order valence-corrected chi connectivity index (χ0v) is 22.9. The number of aliphatic hydroxyl groups excluding tert-OH is 1. The van der Waals surface area contributed by atoms with Crippen molar-refractivity contribution in [2.24, 2.45) is 5.92 Å². The van der Waals surface area contributed by atoms with E-state index in [2.05, 4.69) is 16.8 Å². The largest absolute Gasteiger partial charge is 0.497 e. The van der Waals surface area contributed by atoms with Gasteiger partial charge in [-0.15, -0.1) is 0 Å². The van der Waals surface area contributed by atoms with Gasteiger partial charge >= 0.3 is 0 Å². The highest BCUT2D eigenvalue weighted by atomic mass is 19.1. The van der Waals surface area contributed by atoms with Gasteiger partial charge in [0.15, 0.2) is 0 Å². The van der Waals surface area contributed by atoms with E-state index in [0.717, 1.165) is 11.3 Å². The number of fused-ring (bicyclic) bond motifs is 1. The van der Waals surface area contributed by atoms with E-state index in [1.165, 1.54) is 29.3 Å². The quantitative estimate of drug-likeness (QED) is 0.476. The Hall–Kier alpha value is -4.42. The molecular weight excluding hydrogens is 513 g/mol. The fourth-order valence-corrected chi connectivity index (χ4v) is 4.40. The van der Waals surface area contributed by atoms with Gasteiger partial charge in [-0.2, -0.15) is 0 Å². The molecule has 1 aromatic heterocycles. The van der Waals surface area contributed by atoms with E-state index in [9.17, 15) is 19.1 Å². The second-order valence-electron chi connectivity index (χ2n) is 9.84. The summed E-state index contributed by atoms with van der Waals surface area (Å²) in [6.07, 6.45) is 0.963. The lowest BCUT2D eigenvalue weighted by atomic mass is 9.99. The monoisotopic (exact) mass is 545 g/mol. The number of carbonyl (C=O) groups excluding carboxylic acids is 2. The Morgan fingerprint density at radius 2 is 1.93 bits per heavy atom. The van der Waals surface area contributed by atoms with Crippen molar-refractivity contribution in [3.63, 3.8) is 0 Å². The Bertz CT molecular complexity index is 1430. The van der Waals surface area contributed by atoms with E-state index in [1.54, 1.807) is 38.1 Å². The molecule has 1 N–H and O–H groups in total. The topological polar surface area (TPSA) is 92.2 Å².